The first-order valence-corrected chi connectivity index (χ1v) is 7.67. The highest BCUT2D eigenvalue weighted by Crippen LogP contribution is 2.23. The number of allylic oxidation sites excluding steroid dienone is 1. The number of aliphatic hydroxyl groups is 1. The van der Waals surface area contributed by atoms with Gasteiger partial charge in [-0.15, -0.1) is 0 Å². The first kappa shape index (κ1) is 16.5. The molecule has 22 heavy (non-hydrogen) atoms. The van der Waals surface area contributed by atoms with E-state index in [9.17, 15) is 9.90 Å². The van der Waals surface area contributed by atoms with Crippen LogP contribution in [0.5, 0.6) is 0 Å². The van der Waals surface area contributed by atoms with Crippen molar-refractivity contribution in [3.05, 3.63) is 75.8 Å². The molecule has 1 N–H and O–H groups in total. The number of methoxy groups -OCH3 is 1. The van der Waals surface area contributed by atoms with Gasteiger partial charge in [-0.05, 0) is 45.1 Å². The van der Waals surface area contributed by atoms with Gasteiger partial charge in [-0.25, -0.2) is 4.79 Å². The van der Waals surface area contributed by atoms with Gasteiger partial charge in [0, 0.05) is 4.47 Å². The third kappa shape index (κ3) is 3.84. The molecular weight excluding hydrogens is 344 g/mol. The molecule has 0 fully saturated rings. The van der Waals surface area contributed by atoms with Gasteiger partial charge < -0.3 is 9.84 Å². The molecule has 0 amide bonds. The van der Waals surface area contributed by atoms with Crippen LogP contribution in [0.1, 0.15) is 21.5 Å². The second-order valence-corrected chi connectivity index (χ2v) is 5.58. The normalized spacial score (nSPS) is 11.3. The van der Waals surface area contributed by atoms with Crippen LogP contribution < -0.4 is 0 Å². The van der Waals surface area contributed by atoms with Crippen LogP contribution in [0, 0.1) is 0 Å². The van der Waals surface area contributed by atoms with Crippen molar-refractivity contribution in [1.82, 2.24) is 0 Å². The number of ether oxygens (including phenoxy) is 1. The average molecular weight is 361 g/mol. The Morgan fingerprint density at radius 3 is 2.55 bits per heavy atom. The van der Waals surface area contributed by atoms with E-state index >= 15 is 0 Å². The topological polar surface area (TPSA) is 46.5 Å². The Morgan fingerprint density at radius 2 is 1.91 bits per heavy atom. The minimum Gasteiger partial charge on any atom is -0.465 e. The van der Waals surface area contributed by atoms with Crippen molar-refractivity contribution in [3.8, 4) is 0 Å². The fourth-order valence-electron chi connectivity index (χ4n) is 2.23. The molecule has 114 valence electrons. The molecule has 0 bridgehead atoms. The van der Waals surface area contributed by atoms with Crippen LogP contribution >= 0.6 is 15.9 Å². The van der Waals surface area contributed by atoms with E-state index in [1.165, 1.54) is 7.11 Å². The lowest BCUT2D eigenvalue weighted by atomic mass is 10.0. The molecule has 3 nitrogen and oxygen atoms in total. The number of hydrogen-bond donors (Lipinski definition) is 1. The summed E-state index contributed by atoms with van der Waals surface area (Å²) in [5, 5.41) is 9.57. The average Bonchev–Trinajstić information content (AvgIpc) is 2.56. The fraction of sp³-hybridized carbons (Fsp3) is 0.167. The molecular formula is C18H17BrO3. The van der Waals surface area contributed by atoms with Gasteiger partial charge in [0.15, 0.2) is 0 Å². The molecule has 0 saturated heterocycles. The van der Waals surface area contributed by atoms with Crippen LogP contribution in [0.15, 0.2) is 59.1 Å². The Hall–Kier alpha value is -1.91. The Morgan fingerprint density at radius 1 is 1.18 bits per heavy atom. The van der Waals surface area contributed by atoms with Gasteiger partial charge in [0.1, 0.15) is 0 Å². The van der Waals surface area contributed by atoms with E-state index in [0.717, 1.165) is 16.7 Å². The zero-order valence-corrected chi connectivity index (χ0v) is 13.8. The molecule has 0 aliphatic rings. The maximum Gasteiger partial charge on any atom is 0.339 e. The monoisotopic (exact) mass is 360 g/mol. The Kier molecular flexibility index (Phi) is 5.92. The Balaban J connectivity index is 2.33. The first-order chi connectivity index (χ1) is 10.7. The van der Waals surface area contributed by atoms with Crippen molar-refractivity contribution in [1.29, 1.82) is 0 Å². The van der Waals surface area contributed by atoms with Crippen molar-refractivity contribution in [2.75, 3.05) is 13.7 Å². The molecule has 0 aliphatic carbocycles. The molecule has 2 aromatic rings. The molecule has 0 heterocycles. The highest BCUT2D eigenvalue weighted by Gasteiger charge is 2.14. The molecule has 4 heteroatoms. The smallest absolute Gasteiger partial charge is 0.339 e. The zero-order chi connectivity index (χ0) is 15.9. The summed E-state index contributed by atoms with van der Waals surface area (Å²) in [5.41, 5.74) is 3.17. The standard InChI is InChI=1S/C18H17BrO3/c1-22-18(21)17-14(8-5-9-16(17)19)10-11-15(12-20)13-6-3-2-4-7-13/h2-9,11,20H,10,12H2,1H3/b15-11+. The van der Waals surface area contributed by atoms with E-state index < -0.39 is 0 Å². The summed E-state index contributed by atoms with van der Waals surface area (Å²) in [7, 11) is 1.37. The van der Waals surface area contributed by atoms with E-state index in [0.29, 0.717) is 16.5 Å². The number of halogens is 1. The van der Waals surface area contributed by atoms with Crippen LogP contribution in [0.2, 0.25) is 0 Å². The number of hydrogen-bond acceptors (Lipinski definition) is 3. The molecule has 0 radical (unpaired) electrons. The SMILES string of the molecule is COC(=O)c1c(Br)cccc1C/C=C(\CO)c1ccccc1. The Bertz CT molecular complexity index is 678. The summed E-state index contributed by atoms with van der Waals surface area (Å²) in [5.74, 6) is -0.374. The highest BCUT2D eigenvalue weighted by atomic mass is 79.9. The number of rotatable bonds is 5. The fourth-order valence-corrected chi connectivity index (χ4v) is 2.80. The van der Waals surface area contributed by atoms with Gasteiger partial charge in [0.2, 0.25) is 0 Å². The summed E-state index contributed by atoms with van der Waals surface area (Å²) in [6.07, 6.45) is 2.47. The summed E-state index contributed by atoms with van der Waals surface area (Å²) >= 11 is 3.39. The lowest BCUT2D eigenvalue weighted by Crippen LogP contribution is -2.06. The van der Waals surface area contributed by atoms with Gasteiger partial charge in [-0.2, -0.15) is 0 Å². The van der Waals surface area contributed by atoms with Crippen LogP contribution in [0.3, 0.4) is 0 Å². The maximum absolute atomic E-state index is 11.9. The van der Waals surface area contributed by atoms with Crippen LogP contribution in [0.25, 0.3) is 5.57 Å². The summed E-state index contributed by atoms with van der Waals surface area (Å²) in [6.45, 7) is -0.0500. The van der Waals surface area contributed by atoms with Gasteiger partial charge >= 0.3 is 5.97 Å². The van der Waals surface area contributed by atoms with Gasteiger partial charge in [0.05, 0.1) is 19.3 Å². The molecule has 0 aliphatic heterocycles. The predicted molar refractivity (Wildman–Crippen MR) is 90.7 cm³/mol. The summed E-state index contributed by atoms with van der Waals surface area (Å²) < 4.78 is 5.54. The molecule has 0 spiro atoms. The van der Waals surface area contributed by atoms with Crippen LogP contribution in [0.4, 0.5) is 0 Å². The second kappa shape index (κ2) is 7.92. The largest absolute Gasteiger partial charge is 0.465 e. The van der Waals surface area contributed by atoms with Crippen molar-refractivity contribution in [2.24, 2.45) is 0 Å². The van der Waals surface area contributed by atoms with Crippen molar-refractivity contribution in [2.45, 2.75) is 6.42 Å². The van der Waals surface area contributed by atoms with E-state index in [1.54, 1.807) is 0 Å². The number of benzene rings is 2. The van der Waals surface area contributed by atoms with Crippen molar-refractivity contribution >= 4 is 27.5 Å². The number of carbonyl (C=O) groups excluding carboxylic acids is 1. The number of esters is 1. The van der Waals surface area contributed by atoms with E-state index in [-0.39, 0.29) is 12.6 Å². The zero-order valence-electron chi connectivity index (χ0n) is 12.3. The summed E-state index contributed by atoms with van der Waals surface area (Å²) in [4.78, 5) is 11.9. The predicted octanol–water partition coefficient (Wildman–Crippen LogP) is 3.85. The minimum absolute atomic E-state index is 0.0500. The lowest BCUT2D eigenvalue weighted by Gasteiger charge is -2.09. The molecule has 2 aromatic carbocycles. The molecule has 0 saturated carbocycles. The third-order valence-electron chi connectivity index (χ3n) is 3.37. The van der Waals surface area contributed by atoms with E-state index in [1.807, 2.05) is 54.6 Å². The molecule has 0 atom stereocenters. The van der Waals surface area contributed by atoms with Crippen molar-refractivity contribution < 1.29 is 14.6 Å². The van der Waals surface area contributed by atoms with E-state index in [4.69, 9.17) is 4.74 Å². The molecule has 2 rings (SSSR count). The van der Waals surface area contributed by atoms with Gasteiger partial charge in [-0.3, -0.25) is 0 Å². The van der Waals surface area contributed by atoms with Crippen molar-refractivity contribution in [3.63, 3.8) is 0 Å². The Labute approximate surface area is 138 Å². The van der Waals surface area contributed by atoms with Crippen LogP contribution in [-0.4, -0.2) is 24.8 Å². The highest BCUT2D eigenvalue weighted by molar-refractivity contribution is 9.10. The number of aliphatic hydroxyl groups excluding tert-OH is 1. The molecule has 0 aromatic heterocycles. The van der Waals surface area contributed by atoms with Crippen LogP contribution in [-0.2, 0) is 11.2 Å². The lowest BCUT2D eigenvalue weighted by molar-refractivity contribution is 0.0598. The second-order valence-electron chi connectivity index (χ2n) is 4.72. The quantitative estimate of drug-likeness (QED) is 0.823. The minimum atomic E-state index is -0.374. The maximum atomic E-state index is 11.9. The van der Waals surface area contributed by atoms with Gasteiger partial charge in [-0.1, -0.05) is 48.5 Å². The molecule has 0 unspecified atom stereocenters. The van der Waals surface area contributed by atoms with Gasteiger partial charge in [0.25, 0.3) is 0 Å². The summed E-state index contributed by atoms with van der Waals surface area (Å²) in [6, 6.07) is 15.3. The van der Waals surface area contributed by atoms with E-state index in [2.05, 4.69) is 15.9 Å². The number of carbonyl (C=O) groups is 1. The first-order valence-electron chi connectivity index (χ1n) is 6.88. The third-order valence-corrected chi connectivity index (χ3v) is 4.03.